The van der Waals surface area contributed by atoms with E-state index in [4.69, 9.17) is 5.73 Å². The Balaban J connectivity index is 2.16. The molecule has 2 aromatic rings. The van der Waals surface area contributed by atoms with Gasteiger partial charge in [-0.1, -0.05) is 30.9 Å². The highest BCUT2D eigenvalue weighted by Crippen LogP contribution is 2.17. The van der Waals surface area contributed by atoms with Crippen LogP contribution in [0.4, 0.5) is 4.39 Å². The summed E-state index contributed by atoms with van der Waals surface area (Å²) >= 11 is 1.75. The summed E-state index contributed by atoms with van der Waals surface area (Å²) in [6.07, 6.45) is 0. The molecule has 2 nitrogen and oxygen atoms in total. The summed E-state index contributed by atoms with van der Waals surface area (Å²) in [4.78, 5) is 3.64. The van der Waals surface area contributed by atoms with E-state index in [1.807, 2.05) is 6.07 Å². The third-order valence-corrected chi connectivity index (χ3v) is 4.06. The largest absolute Gasteiger partial charge is 0.320 e. The molecule has 1 aromatic carbocycles. The molecular formula is C17H19FN2S. The molecular weight excluding hydrogens is 283 g/mol. The van der Waals surface area contributed by atoms with Crippen LogP contribution in [0.1, 0.15) is 22.9 Å². The first-order valence-electron chi connectivity index (χ1n) is 6.95. The second-order valence-corrected chi connectivity index (χ2v) is 5.72. The highest BCUT2D eigenvalue weighted by atomic mass is 32.1. The predicted molar refractivity (Wildman–Crippen MR) is 86.4 cm³/mol. The summed E-state index contributed by atoms with van der Waals surface area (Å²) in [6.45, 7) is 4.99. The quantitative estimate of drug-likeness (QED) is 0.859. The smallest absolute Gasteiger partial charge is 0.124 e. The van der Waals surface area contributed by atoms with Crippen LogP contribution < -0.4 is 5.73 Å². The first-order valence-corrected chi connectivity index (χ1v) is 7.83. The molecule has 0 saturated carbocycles. The molecule has 2 N–H and O–H groups in total. The van der Waals surface area contributed by atoms with E-state index in [9.17, 15) is 4.39 Å². The van der Waals surface area contributed by atoms with Gasteiger partial charge >= 0.3 is 0 Å². The molecule has 1 heterocycles. The van der Waals surface area contributed by atoms with Crippen molar-refractivity contribution in [3.05, 3.63) is 57.5 Å². The zero-order valence-corrected chi connectivity index (χ0v) is 12.9. The maximum atomic E-state index is 13.4. The third-order valence-electron chi connectivity index (χ3n) is 3.20. The van der Waals surface area contributed by atoms with Gasteiger partial charge in [0.1, 0.15) is 5.82 Å². The summed E-state index contributed by atoms with van der Waals surface area (Å²) in [6, 6.07) is 8.98. The first kappa shape index (κ1) is 15.7. The van der Waals surface area contributed by atoms with Crippen molar-refractivity contribution in [3.8, 4) is 11.8 Å². The van der Waals surface area contributed by atoms with E-state index < -0.39 is 0 Å². The molecule has 1 aromatic heterocycles. The summed E-state index contributed by atoms with van der Waals surface area (Å²) in [5, 5.41) is 2.08. The molecule has 0 fully saturated rings. The van der Waals surface area contributed by atoms with Gasteiger partial charge in [-0.05, 0) is 35.7 Å². The monoisotopic (exact) mass is 302 g/mol. The van der Waals surface area contributed by atoms with Crippen molar-refractivity contribution < 1.29 is 4.39 Å². The Morgan fingerprint density at radius 2 is 2.14 bits per heavy atom. The Kier molecular flexibility index (Phi) is 5.94. The number of nitrogens with zero attached hydrogens (tertiary/aromatic N) is 1. The van der Waals surface area contributed by atoms with E-state index >= 15 is 0 Å². The average molecular weight is 302 g/mol. The molecule has 0 radical (unpaired) electrons. The SMILES string of the molecule is CCN(Cc1cccs1)Cc1ccc(F)cc1C#CCN. The number of halogens is 1. The van der Waals surface area contributed by atoms with Crippen LogP contribution in [-0.4, -0.2) is 18.0 Å². The highest BCUT2D eigenvalue weighted by molar-refractivity contribution is 7.09. The van der Waals surface area contributed by atoms with Gasteiger partial charge in [0.2, 0.25) is 0 Å². The molecule has 0 bridgehead atoms. The normalized spacial score (nSPS) is 10.5. The second-order valence-electron chi connectivity index (χ2n) is 4.69. The number of rotatable bonds is 5. The fourth-order valence-corrected chi connectivity index (χ4v) is 2.84. The van der Waals surface area contributed by atoms with Crippen LogP contribution in [0, 0.1) is 17.7 Å². The number of nitrogens with two attached hydrogens (primary N) is 1. The molecule has 21 heavy (non-hydrogen) atoms. The standard InChI is InChI=1S/C17H19FN2S/c1-2-20(13-17-6-4-10-21-17)12-15-7-8-16(18)11-14(15)5-3-9-19/h4,6-8,10-11H,2,9,12-13,19H2,1H3. The molecule has 0 aliphatic heterocycles. The molecule has 0 amide bonds. The maximum Gasteiger partial charge on any atom is 0.124 e. The molecule has 110 valence electrons. The zero-order chi connectivity index (χ0) is 15.1. The minimum absolute atomic E-state index is 0.263. The highest BCUT2D eigenvalue weighted by Gasteiger charge is 2.09. The van der Waals surface area contributed by atoms with Gasteiger partial charge < -0.3 is 5.73 Å². The number of hydrogen-bond acceptors (Lipinski definition) is 3. The fourth-order valence-electron chi connectivity index (χ4n) is 2.09. The minimum Gasteiger partial charge on any atom is -0.320 e. The molecule has 4 heteroatoms. The van der Waals surface area contributed by atoms with Gasteiger partial charge in [-0.3, -0.25) is 4.90 Å². The zero-order valence-electron chi connectivity index (χ0n) is 12.1. The van der Waals surface area contributed by atoms with Crippen LogP contribution in [0.2, 0.25) is 0 Å². The Labute approximate surface area is 129 Å². The van der Waals surface area contributed by atoms with E-state index in [0.29, 0.717) is 0 Å². The minimum atomic E-state index is -0.263. The lowest BCUT2D eigenvalue weighted by Crippen LogP contribution is -2.22. The number of hydrogen-bond donors (Lipinski definition) is 1. The lowest BCUT2D eigenvalue weighted by Gasteiger charge is -2.20. The number of benzene rings is 1. The average Bonchev–Trinajstić information content (AvgIpc) is 2.99. The molecule has 0 spiro atoms. The Morgan fingerprint density at radius 1 is 1.29 bits per heavy atom. The van der Waals surface area contributed by atoms with E-state index in [1.165, 1.54) is 17.0 Å². The van der Waals surface area contributed by atoms with E-state index in [1.54, 1.807) is 11.3 Å². The van der Waals surface area contributed by atoms with Crippen LogP contribution in [0.5, 0.6) is 0 Å². The summed E-state index contributed by atoms with van der Waals surface area (Å²) in [5.41, 5.74) is 7.17. The molecule has 0 saturated heterocycles. The molecule has 0 unspecified atom stereocenters. The van der Waals surface area contributed by atoms with Crippen molar-refractivity contribution in [1.29, 1.82) is 0 Å². The lowest BCUT2D eigenvalue weighted by atomic mass is 10.1. The van der Waals surface area contributed by atoms with Gasteiger partial charge in [0.25, 0.3) is 0 Å². The fraction of sp³-hybridized carbons (Fsp3) is 0.294. The predicted octanol–water partition coefficient (Wildman–Crippen LogP) is 3.22. The summed E-state index contributed by atoms with van der Waals surface area (Å²) in [5.74, 6) is 5.50. The van der Waals surface area contributed by atoms with Crippen molar-refractivity contribution in [2.45, 2.75) is 20.0 Å². The Bertz CT molecular complexity index is 626. The van der Waals surface area contributed by atoms with Crippen LogP contribution in [-0.2, 0) is 13.1 Å². The third kappa shape index (κ3) is 4.68. The molecule has 0 atom stereocenters. The van der Waals surface area contributed by atoms with Crippen LogP contribution in [0.3, 0.4) is 0 Å². The molecule has 0 aliphatic rings. The van der Waals surface area contributed by atoms with Gasteiger partial charge in [0.15, 0.2) is 0 Å². The van der Waals surface area contributed by atoms with Crippen molar-refractivity contribution >= 4 is 11.3 Å². The van der Waals surface area contributed by atoms with E-state index in [2.05, 4.69) is 41.2 Å². The van der Waals surface area contributed by atoms with Crippen molar-refractivity contribution in [2.24, 2.45) is 5.73 Å². The van der Waals surface area contributed by atoms with Crippen molar-refractivity contribution in [1.82, 2.24) is 4.90 Å². The topological polar surface area (TPSA) is 29.3 Å². The van der Waals surface area contributed by atoms with Crippen molar-refractivity contribution in [3.63, 3.8) is 0 Å². The van der Waals surface area contributed by atoms with Crippen molar-refractivity contribution in [2.75, 3.05) is 13.1 Å². The second kappa shape index (κ2) is 7.94. The van der Waals surface area contributed by atoms with Gasteiger partial charge in [-0.15, -0.1) is 11.3 Å². The van der Waals surface area contributed by atoms with Gasteiger partial charge in [0, 0.05) is 23.5 Å². The van der Waals surface area contributed by atoms with Gasteiger partial charge in [-0.2, -0.15) is 0 Å². The van der Waals surface area contributed by atoms with E-state index in [-0.39, 0.29) is 12.4 Å². The first-order chi connectivity index (χ1) is 10.2. The molecule has 2 rings (SSSR count). The van der Waals surface area contributed by atoms with Gasteiger partial charge in [-0.25, -0.2) is 4.39 Å². The summed E-state index contributed by atoms with van der Waals surface area (Å²) in [7, 11) is 0. The molecule has 0 aliphatic carbocycles. The van der Waals surface area contributed by atoms with Gasteiger partial charge in [0.05, 0.1) is 6.54 Å². The lowest BCUT2D eigenvalue weighted by molar-refractivity contribution is 0.273. The van der Waals surface area contributed by atoms with Crippen LogP contribution in [0.15, 0.2) is 35.7 Å². The Hall–Kier alpha value is -1.67. The van der Waals surface area contributed by atoms with E-state index in [0.717, 1.165) is 30.8 Å². The number of thiophene rings is 1. The van der Waals surface area contributed by atoms with Crippen LogP contribution >= 0.6 is 11.3 Å². The Morgan fingerprint density at radius 3 is 2.81 bits per heavy atom. The van der Waals surface area contributed by atoms with Crippen LogP contribution in [0.25, 0.3) is 0 Å². The maximum absolute atomic E-state index is 13.4. The summed E-state index contributed by atoms with van der Waals surface area (Å²) < 4.78 is 13.4.